The van der Waals surface area contributed by atoms with Gasteiger partial charge in [-0.25, -0.2) is 18.9 Å². The molecule has 0 saturated carbocycles. The van der Waals surface area contributed by atoms with Crippen molar-refractivity contribution in [3.05, 3.63) is 63.1 Å². The van der Waals surface area contributed by atoms with Crippen LogP contribution in [0, 0.1) is 12.7 Å². The zero-order valence-corrected chi connectivity index (χ0v) is 16.6. The fraction of sp³-hybridized carbons (Fsp3) is 0.222. The maximum absolute atomic E-state index is 13.0. The van der Waals surface area contributed by atoms with Gasteiger partial charge in [-0.2, -0.15) is 5.10 Å². The molecular weight excluding hydrogens is 407 g/mol. The Kier molecular flexibility index (Phi) is 6.05. The van der Waals surface area contributed by atoms with Crippen LogP contribution < -0.4 is 5.32 Å². The largest absolute Gasteiger partial charge is 0.461 e. The van der Waals surface area contributed by atoms with E-state index in [1.54, 1.807) is 26.0 Å². The Morgan fingerprint density at radius 2 is 2.04 bits per heavy atom. The number of aryl methyl sites for hydroxylation is 1. The summed E-state index contributed by atoms with van der Waals surface area (Å²) in [6, 6.07) is 5.93. The molecule has 7 nitrogen and oxygen atoms in total. The standard InChI is InChI=1S/C18H16ClFN4O3S/c1-3-27-17(26)13-9-28-18(21-13)22-16(25)14-10(2)23-24(15(14)19)8-11-4-6-12(20)7-5-11/h4-7,9H,3,8H2,1-2H3,(H,21,22,25). The van der Waals surface area contributed by atoms with Crippen molar-refractivity contribution < 1.29 is 18.7 Å². The highest BCUT2D eigenvalue weighted by molar-refractivity contribution is 7.14. The SMILES string of the molecule is CCOC(=O)c1csc(NC(=O)c2c(C)nn(Cc3ccc(F)cc3)c2Cl)n1. The molecule has 0 spiro atoms. The Bertz CT molecular complexity index is 1020. The van der Waals surface area contributed by atoms with Crippen LogP contribution in [-0.4, -0.2) is 33.2 Å². The highest BCUT2D eigenvalue weighted by Crippen LogP contribution is 2.24. The van der Waals surface area contributed by atoms with Gasteiger partial charge < -0.3 is 4.74 Å². The number of ether oxygens (including phenoxy) is 1. The van der Waals surface area contributed by atoms with Crippen LogP contribution in [0.25, 0.3) is 0 Å². The minimum absolute atomic E-state index is 0.122. The number of rotatable bonds is 6. The summed E-state index contributed by atoms with van der Waals surface area (Å²) < 4.78 is 19.4. The number of anilines is 1. The van der Waals surface area contributed by atoms with Crippen molar-refractivity contribution in [3.63, 3.8) is 0 Å². The van der Waals surface area contributed by atoms with Crippen LogP contribution >= 0.6 is 22.9 Å². The third kappa shape index (κ3) is 4.37. The van der Waals surface area contributed by atoms with Crippen molar-refractivity contribution in [1.29, 1.82) is 0 Å². The predicted molar refractivity (Wildman–Crippen MR) is 103 cm³/mol. The number of halogens is 2. The maximum atomic E-state index is 13.0. The van der Waals surface area contributed by atoms with Crippen molar-refractivity contribution in [2.24, 2.45) is 0 Å². The zero-order chi connectivity index (χ0) is 20.3. The summed E-state index contributed by atoms with van der Waals surface area (Å²) >= 11 is 7.44. The molecule has 1 aromatic carbocycles. The first-order valence-electron chi connectivity index (χ1n) is 8.30. The van der Waals surface area contributed by atoms with Gasteiger partial charge in [0.25, 0.3) is 5.91 Å². The number of carbonyl (C=O) groups excluding carboxylic acids is 2. The average Bonchev–Trinajstić information content (AvgIpc) is 3.22. The summed E-state index contributed by atoms with van der Waals surface area (Å²) in [6.45, 7) is 3.88. The van der Waals surface area contributed by atoms with E-state index in [4.69, 9.17) is 16.3 Å². The van der Waals surface area contributed by atoms with Crippen molar-refractivity contribution in [2.75, 3.05) is 11.9 Å². The molecule has 1 N–H and O–H groups in total. The van der Waals surface area contributed by atoms with Gasteiger partial charge in [-0.3, -0.25) is 10.1 Å². The highest BCUT2D eigenvalue weighted by atomic mass is 35.5. The van der Waals surface area contributed by atoms with Crippen LogP contribution in [0.1, 0.15) is 39.0 Å². The minimum atomic E-state index is -0.555. The van der Waals surface area contributed by atoms with Crippen molar-refractivity contribution in [3.8, 4) is 0 Å². The molecule has 3 aromatic rings. The van der Waals surface area contributed by atoms with Gasteiger partial charge in [-0.1, -0.05) is 23.7 Å². The lowest BCUT2D eigenvalue weighted by Crippen LogP contribution is -2.13. The number of amides is 1. The molecule has 28 heavy (non-hydrogen) atoms. The van der Waals surface area contributed by atoms with Crippen LogP contribution in [0.5, 0.6) is 0 Å². The third-order valence-corrected chi connectivity index (χ3v) is 4.89. The lowest BCUT2D eigenvalue weighted by atomic mass is 10.2. The second kappa shape index (κ2) is 8.49. The van der Waals surface area contributed by atoms with E-state index in [-0.39, 0.29) is 40.5 Å². The summed E-state index contributed by atoms with van der Waals surface area (Å²) in [5.74, 6) is -1.38. The smallest absolute Gasteiger partial charge is 0.357 e. The van der Waals surface area contributed by atoms with Gasteiger partial charge in [-0.15, -0.1) is 11.3 Å². The van der Waals surface area contributed by atoms with Gasteiger partial charge >= 0.3 is 5.97 Å². The quantitative estimate of drug-likeness (QED) is 0.608. The number of esters is 1. The number of nitrogens with zero attached hydrogens (tertiary/aromatic N) is 3. The molecule has 2 aromatic heterocycles. The molecule has 2 heterocycles. The molecule has 0 unspecified atom stereocenters. The zero-order valence-electron chi connectivity index (χ0n) is 15.0. The third-order valence-electron chi connectivity index (χ3n) is 3.75. The predicted octanol–water partition coefficient (Wildman–Crippen LogP) is 3.92. The van der Waals surface area contributed by atoms with Crippen LogP contribution in [0.2, 0.25) is 5.15 Å². The van der Waals surface area contributed by atoms with Gasteiger partial charge in [0.1, 0.15) is 11.0 Å². The van der Waals surface area contributed by atoms with E-state index in [2.05, 4.69) is 15.4 Å². The number of hydrogen-bond donors (Lipinski definition) is 1. The van der Waals surface area contributed by atoms with Crippen molar-refractivity contribution >= 4 is 39.9 Å². The lowest BCUT2D eigenvalue weighted by Gasteiger charge is -2.04. The Labute approximate surface area is 169 Å². The highest BCUT2D eigenvalue weighted by Gasteiger charge is 2.22. The van der Waals surface area contributed by atoms with E-state index in [0.717, 1.165) is 16.9 Å². The van der Waals surface area contributed by atoms with Gasteiger partial charge in [0, 0.05) is 5.38 Å². The molecule has 0 radical (unpaired) electrons. The molecule has 0 bridgehead atoms. The summed E-state index contributed by atoms with van der Waals surface area (Å²) in [6.07, 6.45) is 0. The van der Waals surface area contributed by atoms with Crippen LogP contribution in [0.3, 0.4) is 0 Å². The minimum Gasteiger partial charge on any atom is -0.461 e. The van der Waals surface area contributed by atoms with Crippen molar-refractivity contribution in [2.45, 2.75) is 20.4 Å². The Morgan fingerprint density at radius 1 is 1.32 bits per heavy atom. The molecule has 3 rings (SSSR count). The first-order chi connectivity index (χ1) is 13.4. The van der Waals surface area contributed by atoms with Crippen LogP contribution in [-0.2, 0) is 11.3 Å². The van der Waals surface area contributed by atoms with E-state index in [0.29, 0.717) is 5.69 Å². The Morgan fingerprint density at radius 3 is 2.71 bits per heavy atom. The van der Waals surface area contributed by atoms with E-state index in [1.807, 2.05) is 0 Å². The van der Waals surface area contributed by atoms with Crippen LogP contribution in [0.4, 0.5) is 9.52 Å². The van der Waals surface area contributed by atoms with E-state index >= 15 is 0 Å². The van der Waals surface area contributed by atoms with E-state index < -0.39 is 11.9 Å². The second-order valence-electron chi connectivity index (χ2n) is 5.75. The molecule has 0 aliphatic rings. The molecule has 0 saturated heterocycles. The van der Waals surface area contributed by atoms with Gasteiger partial charge in [-0.05, 0) is 31.5 Å². The van der Waals surface area contributed by atoms with E-state index in [1.165, 1.54) is 22.2 Å². The molecule has 0 aliphatic heterocycles. The molecule has 0 atom stereocenters. The molecular formula is C18H16ClFN4O3S. The number of hydrogen-bond acceptors (Lipinski definition) is 6. The average molecular weight is 423 g/mol. The maximum Gasteiger partial charge on any atom is 0.357 e. The Balaban J connectivity index is 1.76. The fourth-order valence-corrected chi connectivity index (χ4v) is 3.46. The van der Waals surface area contributed by atoms with Crippen LogP contribution in [0.15, 0.2) is 29.6 Å². The molecule has 0 fully saturated rings. The summed E-state index contributed by atoms with van der Waals surface area (Å²) in [5, 5.41) is 8.80. The number of carbonyl (C=O) groups is 2. The Hall–Kier alpha value is -2.78. The molecule has 0 aliphatic carbocycles. The van der Waals surface area contributed by atoms with Gasteiger partial charge in [0.05, 0.1) is 24.4 Å². The van der Waals surface area contributed by atoms with Crippen molar-refractivity contribution in [1.82, 2.24) is 14.8 Å². The molecule has 1 amide bonds. The number of nitrogens with one attached hydrogen (secondary N) is 1. The lowest BCUT2D eigenvalue weighted by molar-refractivity contribution is 0.0520. The second-order valence-corrected chi connectivity index (χ2v) is 6.96. The first-order valence-corrected chi connectivity index (χ1v) is 9.56. The molecule has 146 valence electrons. The molecule has 10 heteroatoms. The van der Waals surface area contributed by atoms with E-state index in [9.17, 15) is 14.0 Å². The normalized spacial score (nSPS) is 10.7. The monoisotopic (exact) mass is 422 g/mol. The number of benzene rings is 1. The fourth-order valence-electron chi connectivity index (χ4n) is 2.47. The topological polar surface area (TPSA) is 86.1 Å². The number of thiazole rings is 1. The van der Waals surface area contributed by atoms with Gasteiger partial charge in [0.2, 0.25) is 0 Å². The first kappa shape index (κ1) is 20.0. The number of aromatic nitrogens is 3. The van der Waals surface area contributed by atoms with Gasteiger partial charge in [0.15, 0.2) is 10.8 Å². The summed E-state index contributed by atoms with van der Waals surface area (Å²) in [7, 11) is 0. The summed E-state index contributed by atoms with van der Waals surface area (Å²) in [4.78, 5) is 28.3. The summed E-state index contributed by atoms with van der Waals surface area (Å²) in [5.41, 5.74) is 1.55.